The molecule has 0 N–H and O–H groups in total. The number of nitrogens with zero attached hydrogens (tertiary/aromatic N) is 2. The van der Waals surface area contributed by atoms with Gasteiger partial charge in [-0.1, -0.05) is 0 Å². The predicted molar refractivity (Wildman–Crippen MR) is 71.2 cm³/mol. The first-order valence-electron chi connectivity index (χ1n) is 5.52. The van der Waals surface area contributed by atoms with Crippen LogP contribution in [0.15, 0.2) is 30.7 Å². The van der Waals surface area contributed by atoms with E-state index in [4.69, 9.17) is 25.8 Å². The molecule has 2 aromatic rings. The summed E-state index contributed by atoms with van der Waals surface area (Å²) in [6.07, 6.45) is 3.02. The van der Waals surface area contributed by atoms with Gasteiger partial charge in [0, 0.05) is 30.0 Å². The molecular formula is C13H13ClN2O3. The van der Waals surface area contributed by atoms with Gasteiger partial charge in [-0.15, -0.1) is 11.6 Å². The summed E-state index contributed by atoms with van der Waals surface area (Å²) >= 11 is 5.81. The van der Waals surface area contributed by atoms with Gasteiger partial charge in [0.25, 0.3) is 0 Å². The van der Waals surface area contributed by atoms with Crippen molar-refractivity contribution in [3.05, 3.63) is 36.3 Å². The van der Waals surface area contributed by atoms with E-state index < -0.39 is 0 Å². The second kappa shape index (κ2) is 6.24. The molecule has 0 amide bonds. The predicted octanol–water partition coefficient (Wildman–Crippen LogP) is 3.02. The van der Waals surface area contributed by atoms with E-state index in [1.807, 2.05) is 0 Å². The number of rotatable bonds is 5. The van der Waals surface area contributed by atoms with Crippen molar-refractivity contribution in [3.8, 4) is 23.1 Å². The van der Waals surface area contributed by atoms with Gasteiger partial charge in [-0.25, -0.2) is 9.97 Å². The molecule has 100 valence electrons. The fourth-order valence-corrected chi connectivity index (χ4v) is 1.67. The van der Waals surface area contributed by atoms with Gasteiger partial charge in [-0.05, 0) is 0 Å². The Balaban J connectivity index is 2.32. The minimum Gasteiger partial charge on any atom is -0.496 e. The molecule has 0 saturated heterocycles. The van der Waals surface area contributed by atoms with Crippen LogP contribution in [0.5, 0.6) is 23.1 Å². The fourth-order valence-electron chi connectivity index (χ4n) is 1.48. The van der Waals surface area contributed by atoms with Crippen LogP contribution in [0.4, 0.5) is 0 Å². The average molecular weight is 281 g/mol. The monoisotopic (exact) mass is 280 g/mol. The summed E-state index contributed by atoms with van der Waals surface area (Å²) in [6.45, 7) is 0. The fraction of sp³-hybridized carbons (Fsp3) is 0.231. The first kappa shape index (κ1) is 13.4. The van der Waals surface area contributed by atoms with Crippen LogP contribution in [-0.4, -0.2) is 24.2 Å². The number of benzene rings is 1. The first-order chi connectivity index (χ1) is 9.26. The lowest BCUT2D eigenvalue weighted by atomic mass is 10.3. The van der Waals surface area contributed by atoms with Crippen molar-refractivity contribution in [2.24, 2.45) is 0 Å². The van der Waals surface area contributed by atoms with Gasteiger partial charge in [0.15, 0.2) is 0 Å². The molecule has 2 rings (SSSR count). The summed E-state index contributed by atoms with van der Waals surface area (Å²) in [6, 6.07) is 5.24. The Hall–Kier alpha value is -2.01. The van der Waals surface area contributed by atoms with E-state index >= 15 is 0 Å². The van der Waals surface area contributed by atoms with Crippen LogP contribution in [0.3, 0.4) is 0 Å². The topological polar surface area (TPSA) is 53.5 Å². The zero-order chi connectivity index (χ0) is 13.7. The summed E-state index contributed by atoms with van der Waals surface area (Å²) < 4.78 is 16.0. The summed E-state index contributed by atoms with van der Waals surface area (Å²) in [5, 5.41) is 0. The van der Waals surface area contributed by atoms with Crippen molar-refractivity contribution in [3.63, 3.8) is 0 Å². The third-order valence-corrected chi connectivity index (χ3v) is 2.72. The highest BCUT2D eigenvalue weighted by Gasteiger charge is 2.08. The molecule has 0 spiro atoms. The highest BCUT2D eigenvalue weighted by atomic mass is 35.5. The molecule has 1 aromatic carbocycles. The Morgan fingerprint density at radius 1 is 1.05 bits per heavy atom. The lowest BCUT2D eigenvalue weighted by molar-refractivity contribution is 0.384. The Morgan fingerprint density at radius 3 is 2.26 bits per heavy atom. The number of ether oxygens (including phenoxy) is 3. The quantitative estimate of drug-likeness (QED) is 0.788. The number of aromatic nitrogens is 2. The molecule has 1 aromatic heterocycles. The molecule has 6 heteroatoms. The lowest BCUT2D eigenvalue weighted by Crippen LogP contribution is -1.95. The zero-order valence-corrected chi connectivity index (χ0v) is 11.3. The molecule has 0 radical (unpaired) electrons. The summed E-state index contributed by atoms with van der Waals surface area (Å²) in [5.41, 5.74) is 0.714. The van der Waals surface area contributed by atoms with E-state index in [1.165, 1.54) is 6.33 Å². The number of alkyl halides is 1. The van der Waals surface area contributed by atoms with E-state index in [0.29, 0.717) is 28.7 Å². The third kappa shape index (κ3) is 3.26. The number of methoxy groups -OCH3 is 2. The molecule has 0 aliphatic carbocycles. The molecule has 0 aliphatic heterocycles. The molecule has 1 heterocycles. The third-order valence-electron chi connectivity index (χ3n) is 2.43. The van der Waals surface area contributed by atoms with Crippen LogP contribution >= 0.6 is 11.6 Å². The Kier molecular flexibility index (Phi) is 4.41. The standard InChI is InChI=1S/C13H13ClN2O3/c1-17-10-3-11(18-2)5-12(4-10)19-13-9(6-14)7-15-8-16-13/h3-5,7-8H,6H2,1-2H3. The van der Waals surface area contributed by atoms with Crippen molar-refractivity contribution in [1.82, 2.24) is 9.97 Å². The van der Waals surface area contributed by atoms with Crippen molar-refractivity contribution < 1.29 is 14.2 Å². The molecule has 0 saturated carbocycles. The molecule has 5 nitrogen and oxygen atoms in total. The maximum Gasteiger partial charge on any atom is 0.226 e. The van der Waals surface area contributed by atoms with E-state index in [0.717, 1.165) is 0 Å². The van der Waals surface area contributed by atoms with E-state index in [1.54, 1.807) is 38.6 Å². The van der Waals surface area contributed by atoms with E-state index in [-0.39, 0.29) is 5.88 Å². The van der Waals surface area contributed by atoms with Crippen LogP contribution in [0.1, 0.15) is 5.56 Å². The van der Waals surface area contributed by atoms with Gasteiger partial charge >= 0.3 is 0 Å². The van der Waals surface area contributed by atoms with Crippen LogP contribution in [0.25, 0.3) is 0 Å². The van der Waals surface area contributed by atoms with Gasteiger partial charge in [-0.3, -0.25) is 0 Å². The molecule has 0 unspecified atom stereocenters. The maximum absolute atomic E-state index is 5.81. The van der Waals surface area contributed by atoms with Gasteiger partial charge in [0.05, 0.1) is 20.1 Å². The largest absolute Gasteiger partial charge is 0.496 e. The summed E-state index contributed by atoms with van der Waals surface area (Å²) in [5.74, 6) is 2.52. The van der Waals surface area contributed by atoms with E-state index in [9.17, 15) is 0 Å². The molecule has 0 atom stereocenters. The van der Waals surface area contributed by atoms with Crippen molar-refractivity contribution in [2.45, 2.75) is 5.88 Å². The van der Waals surface area contributed by atoms with Crippen molar-refractivity contribution in [2.75, 3.05) is 14.2 Å². The molecule has 0 fully saturated rings. The maximum atomic E-state index is 5.81. The van der Waals surface area contributed by atoms with Crippen LogP contribution < -0.4 is 14.2 Å². The Bertz CT molecular complexity index is 541. The SMILES string of the molecule is COc1cc(OC)cc(Oc2ncncc2CCl)c1. The zero-order valence-electron chi connectivity index (χ0n) is 10.6. The number of hydrogen-bond donors (Lipinski definition) is 0. The minimum absolute atomic E-state index is 0.275. The minimum atomic E-state index is 0.275. The van der Waals surface area contributed by atoms with E-state index in [2.05, 4.69) is 9.97 Å². The highest BCUT2D eigenvalue weighted by Crippen LogP contribution is 2.31. The number of halogens is 1. The molecule has 0 bridgehead atoms. The summed E-state index contributed by atoms with van der Waals surface area (Å²) in [4.78, 5) is 7.96. The Morgan fingerprint density at radius 2 is 1.68 bits per heavy atom. The molecule has 19 heavy (non-hydrogen) atoms. The molecule has 0 aliphatic rings. The Labute approximate surface area is 116 Å². The van der Waals surface area contributed by atoms with Crippen LogP contribution in [0.2, 0.25) is 0 Å². The highest BCUT2D eigenvalue weighted by molar-refractivity contribution is 6.17. The van der Waals surface area contributed by atoms with Gasteiger partial charge < -0.3 is 14.2 Å². The van der Waals surface area contributed by atoms with Gasteiger partial charge in [0.1, 0.15) is 23.6 Å². The first-order valence-corrected chi connectivity index (χ1v) is 6.06. The van der Waals surface area contributed by atoms with Gasteiger partial charge in [0.2, 0.25) is 5.88 Å². The van der Waals surface area contributed by atoms with Gasteiger partial charge in [-0.2, -0.15) is 0 Å². The second-order valence-corrected chi connectivity index (χ2v) is 3.90. The van der Waals surface area contributed by atoms with Crippen LogP contribution in [-0.2, 0) is 5.88 Å². The molecular weight excluding hydrogens is 268 g/mol. The number of hydrogen-bond acceptors (Lipinski definition) is 5. The normalized spacial score (nSPS) is 10.1. The summed E-state index contributed by atoms with van der Waals surface area (Å²) in [7, 11) is 3.15. The van der Waals surface area contributed by atoms with Crippen molar-refractivity contribution >= 4 is 11.6 Å². The lowest BCUT2D eigenvalue weighted by Gasteiger charge is -2.10. The average Bonchev–Trinajstić information content (AvgIpc) is 2.47. The van der Waals surface area contributed by atoms with Crippen LogP contribution in [0, 0.1) is 0 Å². The second-order valence-electron chi connectivity index (χ2n) is 3.64. The smallest absolute Gasteiger partial charge is 0.226 e. The van der Waals surface area contributed by atoms with Crippen molar-refractivity contribution in [1.29, 1.82) is 0 Å².